The Morgan fingerprint density at radius 2 is 2.11 bits per heavy atom. The molecule has 0 saturated carbocycles. The summed E-state index contributed by atoms with van der Waals surface area (Å²) in [6, 6.07) is 0.269. The lowest BCUT2D eigenvalue weighted by atomic mass is 10.2. The summed E-state index contributed by atoms with van der Waals surface area (Å²) in [5.74, 6) is 0.280. The van der Waals surface area contributed by atoms with Gasteiger partial charge in [-0.2, -0.15) is 0 Å². The normalized spacial score (nSPS) is 19.2. The zero-order chi connectivity index (χ0) is 14.1. The number of amides is 1. The summed E-state index contributed by atoms with van der Waals surface area (Å²) in [6.45, 7) is 10.6. The summed E-state index contributed by atoms with van der Waals surface area (Å²) in [5, 5.41) is 3.29. The highest BCUT2D eigenvalue weighted by atomic mass is 16.5. The molecular weight excluding hydrogens is 242 g/mol. The third-order valence-electron chi connectivity index (χ3n) is 3.59. The van der Waals surface area contributed by atoms with E-state index < -0.39 is 0 Å². The zero-order valence-corrected chi connectivity index (χ0v) is 12.7. The molecule has 0 spiro atoms. The van der Waals surface area contributed by atoms with Crippen LogP contribution in [0.15, 0.2) is 0 Å². The fraction of sp³-hybridized carbons (Fsp3) is 0.929. The minimum absolute atomic E-state index is 0.269. The van der Waals surface area contributed by atoms with Crippen molar-refractivity contribution in [2.24, 2.45) is 0 Å². The first kappa shape index (κ1) is 16.4. The van der Waals surface area contributed by atoms with Gasteiger partial charge in [-0.3, -0.25) is 9.69 Å². The van der Waals surface area contributed by atoms with Crippen molar-refractivity contribution in [3.8, 4) is 0 Å². The minimum atomic E-state index is 0.269. The van der Waals surface area contributed by atoms with Crippen molar-refractivity contribution in [2.75, 3.05) is 53.0 Å². The lowest BCUT2D eigenvalue weighted by Gasteiger charge is -2.23. The molecule has 1 N–H and O–H groups in total. The Morgan fingerprint density at radius 3 is 2.79 bits per heavy atom. The Hall–Kier alpha value is -0.650. The van der Waals surface area contributed by atoms with E-state index in [1.807, 2.05) is 4.90 Å². The van der Waals surface area contributed by atoms with E-state index in [2.05, 4.69) is 24.1 Å². The highest BCUT2D eigenvalue weighted by molar-refractivity contribution is 5.76. The van der Waals surface area contributed by atoms with Crippen LogP contribution in [0.2, 0.25) is 0 Å². The predicted molar refractivity (Wildman–Crippen MR) is 77.3 cm³/mol. The molecular formula is C14H29N3O2. The summed E-state index contributed by atoms with van der Waals surface area (Å²) >= 11 is 0. The number of ether oxygens (including phenoxy) is 1. The van der Waals surface area contributed by atoms with Crippen molar-refractivity contribution in [1.29, 1.82) is 0 Å². The van der Waals surface area contributed by atoms with Gasteiger partial charge in [0.25, 0.3) is 0 Å². The lowest BCUT2D eigenvalue weighted by molar-refractivity contribution is -0.131. The van der Waals surface area contributed by atoms with E-state index >= 15 is 0 Å². The van der Waals surface area contributed by atoms with Crippen LogP contribution in [-0.4, -0.2) is 74.7 Å². The molecule has 5 nitrogen and oxygen atoms in total. The van der Waals surface area contributed by atoms with Crippen LogP contribution in [0.4, 0.5) is 0 Å². The first-order chi connectivity index (χ1) is 9.17. The molecule has 0 radical (unpaired) electrons. The summed E-state index contributed by atoms with van der Waals surface area (Å²) in [7, 11) is 1.73. The fourth-order valence-corrected chi connectivity index (χ4v) is 2.48. The van der Waals surface area contributed by atoms with Gasteiger partial charge < -0.3 is 15.0 Å². The second-order valence-electron chi connectivity index (χ2n) is 5.23. The van der Waals surface area contributed by atoms with Crippen molar-refractivity contribution in [3.63, 3.8) is 0 Å². The van der Waals surface area contributed by atoms with Crippen molar-refractivity contribution < 1.29 is 9.53 Å². The first-order valence-electron chi connectivity index (χ1n) is 7.39. The Bertz CT molecular complexity index is 261. The Balaban J connectivity index is 2.33. The van der Waals surface area contributed by atoms with Gasteiger partial charge in [-0.15, -0.1) is 0 Å². The predicted octanol–water partition coefficient (Wildman–Crippen LogP) is 0.555. The van der Waals surface area contributed by atoms with Crippen LogP contribution in [0.3, 0.4) is 0 Å². The molecule has 19 heavy (non-hydrogen) atoms. The number of rotatable bonds is 7. The van der Waals surface area contributed by atoms with Crippen LogP contribution in [-0.2, 0) is 9.53 Å². The third-order valence-corrected chi connectivity index (χ3v) is 3.59. The van der Waals surface area contributed by atoms with Gasteiger partial charge in [0.2, 0.25) is 5.91 Å². The zero-order valence-electron chi connectivity index (χ0n) is 12.7. The van der Waals surface area contributed by atoms with E-state index in [0.29, 0.717) is 6.42 Å². The molecule has 1 saturated heterocycles. The Kier molecular flexibility index (Phi) is 8.02. The summed E-state index contributed by atoms with van der Waals surface area (Å²) in [6.07, 6.45) is 1.66. The second kappa shape index (κ2) is 9.28. The second-order valence-corrected chi connectivity index (χ2v) is 5.23. The monoisotopic (exact) mass is 271 g/mol. The van der Waals surface area contributed by atoms with Crippen molar-refractivity contribution in [2.45, 2.75) is 32.7 Å². The standard InChI is InChI=1S/C14H29N3O2/c1-4-15-13(2)12-14(18)17-7-5-6-16(8-9-17)10-11-19-3/h13,15H,4-12H2,1-3H3. The molecule has 1 amide bonds. The van der Waals surface area contributed by atoms with Crippen molar-refractivity contribution in [1.82, 2.24) is 15.1 Å². The SMILES string of the molecule is CCNC(C)CC(=O)N1CCCN(CCOC)CC1. The lowest BCUT2D eigenvalue weighted by Crippen LogP contribution is -2.39. The smallest absolute Gasteiger partial charge is 0.224 e. The van der Waals surface area contributed by atoms with Crippen LogP contribution in [0.5, 0.6) is 0 Å². The van der Waals surface area contributed by atoms with Gasteiger partial charge in [-0.25, -0.2) is 0 Å². The molecule has 1 atom stereocenters. The van der Waals surface area contributed by atoms with E-state index in [1.165, 1.54) is 0 Å². The molecule has 112 valence electrons. The van der Waals surface area contributed by atoms with Gasteiger partial charge in [0.05, 0.1) is 6.61 Å². The summed E-state index contributed by atoms with van der Waals surface area (Å²) in [4.78, 5) is 16.6. The maximum Gasteiger partial charge on any atom is 0.224 e. The van der Waals surface area contributed by atoms with Gasteiger partial charge in [-0.1, -0.05) is 6.92 Å². The van der Waals surface area contributed by atoms with E-state index in [9.17, 15) is 4.79 Å². The average molecular weight is 271 g/mol. The molecule has 1 heterocycles. The Morgan fingerprint density at radius 1 is 1.32 bits per heavy atom. The van der Waals surface area contributed by atoms with Crippen LogP contribution in [0.25, 0.3) is 0 Å². The van der Waals surface area contributed by atoms with Gasteiger partial charge in [0, 0.05) is 45.8 Å². The number of hydrogen-bond acceptors (Lipinski definition) is 4. The van der Waals surface area contributed by atoms with Crippen molar-refractivity contribution in [3.05, 3.63) is 0 Å². The third kappa shape index (κ3) is 6.36. The Labute approximate surface area is 117 Å². The number of methoxy groups -OCH3 is 1. The summed E-state index contributed by atoms with van der Waals surface area (Å²) in [5.41, 5.74) is 0. The average Bonchev–Trinajstić information content (AvgIpc) is 2.62. The van der Waals surface area contributed by atoms with Crippen LogP contribution >= 0.6 is 0 Å². The molecule has 1 unspecified atom stereocenters. The van der Waals surface area contributed by atoms with Crippen LogP contribution < -0.4 is 5.32 Å². The quantitative estimate of drug-likeness (QED) is 0.735. The fourth-order valence-electron chi connectivity index (χ4n) is 2.48. The largest absolute Gasteiger partial charge is 0.383 e. The molecule has 5 heteroatoms. The molecule has 1 rings (SSSR count). The minimum Gasteiger partial charge on any atom is -0.383 e. The molecule has 0 aromatic carbocycles. The first-order valence-corrected chi connectivity index (χ1v) is 7.39. The van der Waals surface area contributed by atoms with Crippen molar-refractivity contribution >= 4 is 5.91 Å². The highest BCUT2D eigenvalue weighted by Crippen LogP contribution is 2.06. The van der Waals surface area contributed by atoms with Gasteiger partial charge in [-0.05, 0) is 26.4 Å². The molecule has 0 aromatic rings. The van der Waals surface area contributed by atoms with Gasteiger partial charge >= 0.3 is 0 Å². The topological polar surface area (TPSA) is 44.8 Å². The maximum absolute atomic E-state index is 12.2. The van der Waals surface area contributed by atoms with Crippen LogP contribution in [0.1, 0.15) is 26.7 Å². The molecule has 1 fully saturated rings. The number of carbonyl (C=O) groups excluding carboxylic acids is 1. The highest BCUT2D eigenvalue weighted by Gasteiger charge is 2.20. The van der Waals surface area contributed by atoms with E-state index in [1.54, 1.807) is 7.11 Å². The molecule has 1 aliphatic heterocycles. The molecule has 0 aromatic heterocycles. The molecule has 0 aliphatic carbocycles. The van der Waals surface area contributed by atoms with Gasteiger partial charge in [0.15, 0.2) is 0 Å². The number of hydrogen-bond donors (Lipinski definition) is 1. The van der Waals surface area contributed by atoms with Gasteiger partial charge in [0.1, 0.15) is 0 Å². The number of nitrogens with zero attached hydrogens (tertiary/aromatic N) is 2. The molecule has 0 bridgehead atoms. The van der Waals surface area contributed by atoms with E-state index in [-0.39, 0.29) is 11.9 Å². The molecule has 1 aliphatic rings. The number of carbonyl (C=O) groups is 1. The summed E-state index contributed by atoms with van der Waals surface area (Å²) < 4.78 is 5.11. The van der Waals surface area contributed by atoms with E-state index in [4.69, 9.17) is 4.74 Å². The number of nitrogens with one attached hydrogen (secondary N) is 1. The van der Waals surface area contributed by atoms with Crippen LogP contribution in [0, 0.1) is 0 Å². The van der Waals surface area contributed by atoms with E-state index in [0.717, 1.165) is 52.3 Å². The maximum atomic E-state index is 12.2.